The fourth-order valence-corrected chi connectivity index (χ4v) is 4.01. The maximum atomic E-state index is 11.9. The smallest absolute Gasteiger partial charge is 0.315 e. The average molecular weight is 322 g/mol. The number of aryl methyl sites for hydroxylation is 2. The number of amides is 2. The second-order valence-electron chi connectivity index (χ2n) is 6.39. The van der Waals surface area contributed by atoms with Crippen LogP contribution < -0.4 is 10.6 Å². The van der Waals surface area contributed by atoms with Gasteiger partial charge in [-0.2, -0.15) is 11.8 Å². The van der Waals surface area contributed by atoms with Gasteiger partial charge in [0.05, 0.1) is 5.60 Å². The normalized spacial score (nSPS) is 22.4. The standard InChI is InChI=1S/C17H26N2O2S/c1-12-4-5-15(13(2)8-12)9-14(3)19-16(20)18-10-17(21)6-7-22-11-17/h4-5,8,14,21H,6-7,9-11H2,1-3H3,(H2,18,19,20)/t14-,17-/m0/s1. The van der Waals surface area contributed by atoms with Gasteiger partial charge in [-0.25, -0.2) is 4.79 Å². The van der Waals surface area contributed by atoms with Gasteiger partial charge in [-0.05, 0) is 50.5 Å². The molecule has 2 atom stereocenters. The largest absolute Gasteiger partial charge is 0.387 e. The Kier molecular flexibility index (Phi) is 5.75. The number of carbonyl (C=O) groups excluding carboxylic acids is 1. The number of aliphatic hydroxyl groups is 1. The molecule has 0 unspecified atom stereocenters. The summed E-state index contributed by atoms with van der Waals surface area (Å²) < 4.78 is 0. The van der Waals surface area contributed by atoms with Gasteiger partial charge in [0.2, 0.25) is 0 Å². The maximum absolute atomic E-state index is 11.9. The van der Waals surface area contributed by atoms with Crippen molar-refractivity contribution in [1.29, 1.82) is 0 Å². The number of carbonyl (C=O) groups is 1. The van der Waals surface area contributed by atoms with Crippen molar-refractivity contribution in [2.75, 3.05) is 18.1 Å². The summed E-state index contributed by atoms with van der Waals surface area (Å²) >= 11 is 1.73. The lowest BCUT2D eigenvalue weighted by molar-refractivity contribution is 0.0699. The fraction of sp³-hybridized carbons (Fsp3) is 0.588. The summed E-state index contributed by atoms with van der Waals surface area (Å²) in [6.07, 6.45) is 1.55. The fourth-order valence-electron chi connectivity index (χ4n) is 2.71. The predicted octanol–water partition coefficient (Wildman–Crippen LogP) is 2.40. The monoisotopic (exact) mass is 322 g/mol. The molecule has 2 amide bonds. The summed E-state index contributed by atoms with van der Waals surface area (Å²) in [4.78, 5) is 11.9. The van der Waals surface area contributed by atoms with E-state index in [4.69, 9.17) is 0 Å². The van der Waals surface area contributed by atoms with Crippen molar-refractivity contribution in [2.24, 2.45) is 0 Å². The minimum Gasteiger partial charge on any atom is -0.387 e. The van der Waals surface area contributed by atoms with Crippen molar-refractivity contribution in [3.63, 3.8) is 0 Å². The van der Waals surface area contributed by atoms with E-state index in [1.807, 2.05) is 6.92 Å². The van der Waals surface area contributed by atoms with Gasteiger partial charge >= 0.3 is 6.03 Å². The topological polar surface area (TPSA) is 61.4 Å². The number of nitrogens with one attached hydrogen (secondary N) is 2. The van der Waals surface area contributed by atoms with Gasteiger partial charge in [-0.15, -0.1) is 0 Å². The molecule has 0 aliphatic carbocycles. The van der Waals surface area contributed by atoms with Crippen LogP contribution in [0.4, 0.5) is 4.79 Å². The number of thioether (sulfide) groups is 1. The van der Waals surface area contributed by atoms with Gasteiger partial charge < -0.3 is 15.7 Å². The molecule has 1 aromatic carbocycles. The van der Waals surface area contributed by atoms with E-state index >= 15 is 0 Å². The lowest BCUT2D eigenvalue weighted by Gasteiger charge is -2.23. The molecule has 1 aromatic rings. The molecule has 0 spiro atoms. The third-order valence-electron chi connectivity index (χ3n) is 4.06. The molecular formula is C17H26N2O2S. The van der Waals surface area contributed by atoms with Crippen LogP contribution in [-0.2, 0) is 6.42 Å². The molecular weight excluding hydrogens is 296 g/mol. The summed E-state index contributed by atoms with van der Waals surface area (Å²) in [5.41, 5.74) is 3.02. The molecule has 0 radical (unpaired) electrons. The van der Waals surface area contributed by atoms with Gasteiger partial charge in [0.25, 0.3) is 0 Å². The van der Waals surface area contributed by atoms with Crippen LogP contribution in [0.5, 0.6) is 0 Å². The molecule has 1 aliphatic rings. The van der Waals surface area contributed by atoms with E-state index in [0.29, 0.717) is 12.3 Å². The van der Waals surface area contributed by atoms with Gasteiger partial charge in [-0.1, -0.05) is 23.8 Å². The van der Waals surface area contributed by atoms with Crippen molar-refractivity contribution in [3.8, 4) is 0 Å². The maximum Gasteiger partial charge on any atom is 0.315 e. The Morgan fingerprint density at radius 1 is 1.45 bits per heavy atom. The highest BCUT2D eigenvalue weighted by Gasteiger charge is 2.32. The Bertz CT molecular complexity index is 527. The van der Waals surface area contributed by atoms with Crippen molar-refractivity contribution in [2.45, 2.75) is 45.3 Å². The number of hydrogen-bond acceptors (Lipinski definition) is 3. The minimum atomic E-state index is -0.737. The summed E-state index contributed by atoms with van der Waals surface area (Å²) in [6.45, 7) is 6.50. The first-order valence-electron chi connectivity index (χ1n) is 7.79. The lowest BCUT2D eigenvalue weighted by atomic mass is 10.00. The van der Waals surface area contributed by atoms with Crippen LogP contribution in [0.25, 0.3) is 0 Å². The van der Waals surface area contributed by atoms with E-state index < -0.39 is 5.60 Å². The molecule has 1 fully saturated rings. The van der Waals surface area contributed by atoms with E-state index in [1.165, 1.54) is 16.7 Å². The van der Waals surface area contributed by atoms with E-state index in [0.717, 1.165) is 18.6 Å². The van der Waals surface area contributed by atoms with Crippen LogP contribution in [0.15, 0.2) is 18.2 Å². The first-order chi connectivity index (χ1) is 10.4. The zero-order valence-electron chi connectivity index (χ0n) is 13.6. The van der Waals surface area contributed by atoms with Gasteiger partial charge in [-0.3, -0.25) is 0 Å². The zero-order valence-corrected chi connectivity index (χ0v) is 14.4. The van der Waals surface area contributed by atoms with Crippen LogP contribution in [0.3, 0.4) is 0 Å². The highest BCUT2D eigenvalue weighted by atomic mass is 32.2. The number of urea groups is 1. The molecule has 1 aliphatic heterocycles. The third-order valence-corrected chi connectivity index (χ3v) is 5.30. The van der Waals surface area contributed by atoms with Crippen LogP contribution >= 0.6 is 11.8 Å². The van der Waals surface area contributed by atoms with E-state index in [9.17, 15) is 9.90 Å². The quantitative estimate of drug-likeness (QED) is 0.780. The average Bonchev–Trinajstić information content (AvgIpc) is 2.87. The first-order valence-corrected chi connectivity index (χ1v) is 8.94. The molecule has 0 saturated carbocycles. The molecule has 1 saturated heterocycles. The van der Waals surface area contributed by atoms with Crippen LogP contribution in [0.2, 0.25) is 0 Å². The van der Waals surface area contributed by atoms with Crippen LogP contribution in [0, 0.1) is 13.8 Å². The van der Waals surface area contributed by atoms with Crippen molar-refractivity contribution in [1.82, 2.24) is 10.6 Å². The highest BCUT2D eigenvalue weighted by molar-refractivity contribution is 7.99. The summed E-state index contributed by atoms with van der Waals surface area (Å²) in [7, 11) is 0. The second-order valence-corrected chi connectivity index (χ2v) is 7.49. The van der Waals surface area contributed by atoms with E-state index in [-0.39, 0.29) is 12.1 Å². The summed E-state index contributed by atoms with van der Waals surface area (Å²) in [5.74, 6) is 1.66. The van der Waals surface area contributed by atoms with E-state index in [1.54, 1.807) is 11.8 Å². The molecule has 1 heterocycles. The first kappa shape index (κ1) is 17.2. The van der Waals surface area contributed by atoms with E-state index in [2.05, 4.69) is 42.7 Å². The van der Waals surface area contributed by atoms with Crippen LogP contribution in [0.1, 0.15) is 30.0 Å². The molecule has 4 nitrogen and oxygen atoms in total. The summed E-state index contributed by atoms with van der Waals surface area (Å²) in [5, 5.41) is 15.9. The minimum absolute atomic E-state index is 0.0500. The van der Waals surface area contributed by atoms with Crippen LogP contribution in [-0.4, -0.2) is 40.8 Å². The molecule has 0 aromatic heterocycles. The number of benzene rings is 1. The number of rotatable bonds is 5. The Balaban J connectivity index is 1.78. The Morgan fingerprint density at radius 2 is 2.23 bits per heavy atom. The highest BCUT2D eigenvalue weighted by Crippen LogP contribution is 2.26. The predicted molar refractivity (Wildman–Crippen MR) is 92.5 cm³/mol. The molecule has 2 rings (SSSR count). The zero-order chi connectivity index (χ0) is 16.2. The second kappa shape index (κ2) is 7.38. The number of hydrogen-bond donors (Lipinski definition) is 3. The van der Waals surface area contributed by atoms with Crippen molar-refractivity contribution >= 4 is 17.8 Å². The van der Waals surface area contributed by atoms with Gasteiger partial charge in [0.15, 0.2) is 0 Å². The van der Waals surface area contributed by atoms with Crippen molar-refractivity contribution < 1.29 is 9.90 Å². The molecule has 122 valence electrons. The molecule has 0 bridgehead atoms. The Labute approximate surface area is 137 Å². The SMILES string of the molecule is Cc1ccc(C[C@H](C)NC(=O)NC[C@@]2(O)CCSC2)c(C)c1. The lowest BCUT2D eigenvalue weighted by Crippen LogP contribution is -2.48. The molecule has 5 heteroatoms. The molecule has 22 heavy (non-hydrogen) atoms. The van der Waals surface area contributed by atoms with Gasteiger partial charge in [0.1, 0.15) is 0 Å². The summed E-state index contributed by atoms with van der Waals surface area (Å²) in [6, 6.07) is 6.23. The Hall–Kier alpha value is -1.20. The van der Waals surface area contributed by atoms with Crippen molar-refractivity contribution in [3.05, 3.63) is 34.9 Å². The van der Waals surface area contributed by atoms with Gasteiger partial charge in [0, 0.05) is 18.3 Å². The molecule has 3 N–H and O–H groups in total. The third kappa shape index (κ3) is 4.92. The Morgan fingerprint density at radius 3 is 2.86 bits per heavy atom.